The van der Waals surface area contributed by atoms with Gasteiger partial charge in [-0.05, 0) is 24.4 Å². The van der Waals surface area contributed by atoms with Gasteiger partial charge >= 0.3 is 0 Å². The summed E-state index contributed by atoms with van der Waals surface area (Å²) in [4.78, 5) is 13.3. The molecule has 1 saturated heterocycles. The number of anilines is 1. The molecule has 0 aliphatic carbocycles. The van der Waals surface area contributed by atoms with Gasteiger partial charge < -0.3 is 14.0 Å². The topological polar surface area (TPSA) is 42.1 Å². The van der Waals surface area contributed by atoms with Crippen molar-refractivity contribution in [2.24, 2.45) is 7.05 Å². The maximum absolute atomic E-state index is 5.63. The van der Waals surface area contributed by atoms with Gasteiger partial charge in [0.05, 0.1) is 23.9 Å². The van der Waals surface area contributed by atoms with E-state index in [1.165, 1.54) is 11.0 Å². The molecule has 0 bridgehead atoms. The number of benzene rings is 1. The summed E-state index contributed by atoms with van der Waals surface area (Å²) in [7, 11) is 2.03. The van der Waals surface area contributed by atoms with Gasteiger partial charge in [-0.15, -0.1) is 0 Å². The zero-order chi connectivity index (χ0) is 16.5. The fraction of sp³-hybridized carbons (Fsp3) is 0.353. The summed E-state index contributed by atoms with van der Waals surface area (Å²) in [6.07, 6.45) is 5.29. The Bertz CT molecular complexity index is 892. The molecule has 3 heterocycles. The third-order valence-electron chi connectivity index (χ3n) is 4.64. The van der Waals surface area contributed by atoms with E-state index in [1.807, 2.05) is 13.2 Å². The highest BCUT2D eigenvalue weighted by atomic mass is 32.1. The second-order valence-electron chi connectivity index (χ2n) is 6.07. The summed E-state index contributed by atoms with van der Waals surface area (Å²) in [5.74, 6) is 0.957. The average molecular weight is 340 g/mol. The van der Waals surface area contributed by atoms with Gasteiger partial charge in [-0.25, -0.2) is 4.98 Å². The first-order valence-corrected chi connectivity index (χ1v) is 8.52. The summed E-state index contributed by atoms with van der Waals surface area (Å²) < 4.78 is 5.18. The van der Waals surface area contributed by atoms with Crippen molar-refractivity contribution in [1.29, 1.82) is 0 Å². The van der Waals surface area contributed by atoms with E-state index in [9.17, 15) is 0 Å². The van der Waals surface area contributed by atoms with E-state index in [-0.39, 0.29) is 0 Å². The molecule has 1 aliphatic heterocycles. The number of rotatable bonds is 3. The Hall–Kier alpha value is -2.25. The number of aryl methyl sites for hydroxylation is 1. The van der Waals surface area contributed by atoms with Crippen LogP contribution in [0.1, 0.15) is 0 Å². The maximum Gasteiger partial charge on any atom is 0.181 e. The van der Waals surface area contributed by atoms with Crippen LogP contribution in [0.2, 0.25) is 0 Å². The van der Waals surface area contributed by atoms with E-state index in [1.54, 1.807) is 12.4 Å². The molecule has 124 valence electrons. The van der Waals surface area contributed by atoms with Gasteiger partial charge in [0, 0.05) is 45.6 Å². The SMILES string of the molecule is Cn1c(=S)n(CN2CCN(c3cnccn3)CC2)c2ccccc21. The van der Waals surface area contributed by atoms with Gasteiger partial charge in [-0.1, -0.05) is 12.1 Å². The number of hydrogen-bond donors (Lipinski definition) is 0. The van der Waals surface area contributed by atoms with E-state index in [2.05, 4.69) is 53.2 Å². The van der Waals surface area contributed by atoms with Crippen LogP contribution in [0.3, 0.4) is 0 Å². The monoisotopic (exact) mass is 340 g/mol. The highest BCUT2D eigenvalue weighted by Crippen LogP contribution is 2.18. The summed E-state index contributed by atoms with van der Waals surface area (Å²) in [5.41, 5.74) is 2.38. The highest BCUT2D eigenvalue weighted by molar-refractivity contribution is 7.71. The van der Waals surface area contributed by atoms with Crippen molar-refractivity contribution in [3.05, 3.63) is 47.6 Å². The Morgan fingerprint density at radius 3 is 2.50 bits per heavy atom. The third-order valence-corrected chi connectivity index (χ3v) is 5.13. The fourth-order valence-electron chi connectivity index (χ4n) is 3.27. The van der Waals surface area contributed by atoms with Crippen molar-refractivity contribution in [3.8, 4) is 0 Å². The van der Waals surface area contributed by atoms with E-state index in [0.29, 0.717) is 0 Å². The number of hydrogen-bond acceptors (Lipinski definition) is 5. The highest BCUT2D eigenvalue weighted by Gasteiger charge is 2.19. The van der Waals surface area contributed by atoms with Gasteiger partial charge in [0.15, 0.2) is 4.77 Å². The summed E-state index contributed by atoms with van der Waals surface area (Å²) in [5, 5.41) is 0. The lowest BCUT2D eigenvalue weighted by molar-refractivity contribution is 0.207. The molecular weight excluding hydrogens is 320 g/mol. The Balaban J connectivity index is 1.50. The largest absolute Gasteiger partial charge is 0.353 e. The number of piperazine rings is 1. The lowest BCUT2D eigenvalue weighted by atomic mass is 10.3. The molecule has 6 nitrogen and oxygen atoms in total. The van der Waals surface area contributed by atoms with Gasteiger partial charge in [-0.3, -0.25) is 9.88 Å². The molecule has 4 rings (SSSR count). The lowest BCUT2D eigenvalue weighted by Crippen LogP contribution is -2.47. The second kappa shape index (κ2) is 6.33. The molecule has 0 unspecified atom stereocenters. The van der Waals surface area contributed by atoms with Gasteiger partial charge in [-0.2, -0.15) is 0 Å². The molecule has 0 saturated carbocycles. The number of imidazole rings is 1. The Kier molecular flexibility index (Phi) is 4.03. The van der Waals surface area contributed by atoms with Crippen molar-refractivity contribution in [3.63, 3.8) is 0 Å². The molecule has 1 aromatic carbocycles. The van der Waals surface area contributed by atoms with E-state index in [4.69, 9.17) is 12.2 Å². The molecule has 1 aliphatic rings. The quantitative estimate of drug-likeness (QED) is 0.684. The Morgan fingerprint density at radius 2 is 1.79 bits per heavy atom. The number of para-hydroxylation sites is 2. The molecule has 0 N–H and O–H groups in total. The van der Waals surface area contributed by atoms with Crippen LogP contribution in [-0.2, 0) is 13.7 Å². The van der Waals surface area contributed by atoms with Gasteiger partial charge in [0.25, 0.3) is 0 Å². The predicted molar refractivity (Wildman–Crippen MR) is 97.6 cm³/mol. The van der Waals surface area contributed by atoms with Crippen LogP contribution in [0.5, 0.6) is 0 Å². The van der Waals surface area contributed by atoms with E-state index in [0.717, 1.165) is 43.4 Å². The Morgan fingerprint density at radius 1 is 1.04 bits per heavy atom. The third kappa shape index (κ3) is 2.70. The minimum Gasteiger partial charge on any atom is -0.353 e. The van der Waals surface area contributed by atoms with Crippen LogP contribution in [0, 0.1) is 4.77 Å². The molecule has 0 spiro atoms. The zero-order valence-electron chi connectivity index (χ0n) is 13.7. The molecule has 24 heavy (non-hydrogen) atoms. The first-order valence-electron chi connectivity index (χ1n) is 8.11. The Labute approximate surface area is 146 Å². The van der Waals surface area contributed by atoms with Crippen LogP contribution >= 0.6 is 12.2 Å². The molecule has 0 amide bonds. The molecule has 2 aromatic heterocycles. The summed E-state index contributed by atoms with van der Waals surface area (Å²) in [6.45, 7) is 4.71. The molecular formula is C17H20N6S. The number of fused-ring (bicyclic) bond motifs is 1. The normalized spacial score (nSPS) is 16.0. The van der Waals surface area contributed by atoms with Crippen molar-refractivity contribution in [1.82, 2.24) is 24.0 Å². The van der Waals surface area contributed by atoms with Crippen LogP contribution in [-0.4, -0.2) is 50.2 Å². The molecule has 0 radical (unpaired) electrons. The van der Waals surface area contributed by atoms with Gasteiger partial charge in [0.2, 0.25) is 0 Å². The number of nitrogens with zero attached hydrogens (tertiary/aromatic N) is 6. The van der Waals surface area contributed by atoms with Crippen molar-refractivity contribution in [2.45, 2.75) is 6.67 Å². The number of aromatic nitrogens is 4. The second-order valence-corrected chi connectivity index (χ2v) is 6.43. The molecule has 7 heteroatoms. The van der Waals surface area contributed by atoms with Crippen LogP contribution in [0.25, 0.3) is 11.0 Å². The van der Waals surface area contributed by atoms with Crippen LogP contribution in [0.15, 0.2) is 42.9 Å². The lowest BCUT2D eigenvalue weighted by Gasteiger charge is -2.35. The van der Waals surface area contributed by atoms with Crippen molar-refractivity contribution >= 4 is 29.1 Å². The molecule has 1 fully saturated rings. The minimum absolute atomic E-state index is 0.828. The first kappa shape index (κ1) is 15.3. The molecule has 3 aromatic rings. The first-order chi connectivity index (χ1) is 11.7. The fourth-order valence-corrected chi connectivity index (χ4v) is 3.53. The zero-order valence-corrected chi connectivity index (χ0v) is 14.5. The molecule has 0 atom stereocenters. The smallest absolute Gasteiger partial charge is 0.181 e. The van der Waals surface area contributed by atoms with E-state index >= 15 is 0 Å². The maximum atomic E-state index is 5.63. The summed E-state index contributed by atoms with van der Waals surface area (Å²) in [6, 6.07) is 8.38. The van der Waals surface area contributed by atoms with Crippen LogP contribution in [0.4, 0.5) is 5.82 Å². The minimum atomic E-state index is 0.828. The van der Waals surface area contributed by atoms with Crippen LogP contribution < -0.4 is 4.90 Å². The average Bonchev–Trinajstić information content (AvgIpc) is 2.88. The standard InChI is InChI=1S/C17H20N6S/c1-20-14-4-2-3-5-15(14)23(17(20)24)13-21-8-10-22(11-9-21)16-12-18-6-7-19-16/h2-7,12H,8-11,13H2,1H3. The van der Waals surface area contributed by atoms with Crippen molar-refractivity contribution < 1.29 is 0 Å². The summed E-state index contributed by atoms with van der Waals surface area (Å²) >= 11 is 5.63. The van der Waals surface area contributed by atoms with Crippen molar-refractivity contribution in [2.75, 3.05) is 31.1 Å². The van der Waals surface area contributed by atoms with E-state index < -0.39 is 0 Å². The predicted octanol–water partition coefficient (Wildman–Crippen LogP) is 2.28. The van der Waals surface area contributed by atoms with Gasteiger partial charge in [0.1, 0.15) is 5.82 Å².